The molecule has 0 radical (unpaired) electrons. The second-order valence-corrected chi connectivity index (χ2v) is 7.01. The number of hydrogen-bond donors (Lipinski definition) is 1. The van der Waals surface area contributed by atoms with Gasteiger partial charge in [-0.1, -0.05) is 35.6 Å². The first-order chi connectivity index (χ1) is 10.8. The first-order valence-corrected chi connectivity index (χ1v) is 8.63. The number of halogens is 4. The van der Waals surface area contributed by atoms with Crippen LogP contribution in [-0.2, 0) is 11.0 Å². The molecule has 1 aliphatic heterocycles. The summed E-state index contributed by atoms with van der Waals surface area (Å²) in [5, 5.41) is 2.45. The number of nitrogens with zero attached hydrogens (tertiary/aromatic N) is 1. The van der Waals surface area contributed by atoms with Crippen molar-refractivity contribution in [2.75, 3.05) is 24.2 Å². The molecule has 23 heavy (non-hydrogen) atoms. The van der Waals surface area contributed by atoms with E-state index in [0.717, 1.165) is 44.1 Å². The Kier molecular flexibility index (Phi) is 6.16. The van der Waals surface area contributed by atoms with Crippen LogP contribution < -0.4 is 5.32 Å². The minimum atomic E-state index is -4.49. The molecule has 0 saturated carbocycles. The molecule has 3 nitrogen and oxygen atoms in total. The maximum atomic E-state index is 12.7. The predicted molar refractivity (Wildman–Crippen MR) is 90.9 cm³/mol. The lowest BCUT2D eigenvalue weighted by atomic mass is 10.2. The number of alkyl halides is 3. The Bertz CT molecular complexity index is 604. The summed E-state index contributed by atoms with van der Waals surface area (Å²) in [6, 6.07) is 2.81. The highest BCUT2D eigenvalue weighted by Gasteiger charge is 2.31. The first-order valence-electron chi connectivity index (χ1n) is 6.85. The van der Waals surface area contributed by atoms with Crippen LogP contribution in [0.1, 0.15) is 18.4 Å². The quantitative estimate of drug-likeness (QED) is 0.785. The van der Waals surface area contributed by atoms with Gasteiger partial charge in [0.25, 0.3) is 0 Å². The summed E-state index contributed by atoms with van der Waals surface area (Å²) in [4.78, 5) is 13.9. The molecule has 0 aromatic heterocycles. The fourth-order valence-corrected chi connectivity index (χ4v) is 3.32. The Balaban J connectivity index is 1.93. The van der Waals surface area contributed by atoms with Crippen molar-refractivity contribution in [3.05, 3.63) is 28.8 Å². The van der Waals surface area contributed by atoms with Crippen LogP contribution in [0.2, 0.25) is 5.02 Å². The molecule has 126 valence electrons. The lowest BCUT2D eigenvalue weighted by molar-refractivity contribution is -0.137. The van der Waals surface area contributed by atoms with Gasteiger partial charge in [-0.15, -0.1) is 0 Å². The van der Waals surface area contributed by atoms with Crippen LogP contribution in [0, 0.1) is 0 Å². The maximum Gasteiger partial charge on any atom is 0.416 e. The van der Waals surface area contributed by atoms with Crippen LogP contribution in [0.5, 0.6) is 0 Å². The zero-order valence-electron chi connectivity index (χ0n) is 12.0. The molecular weight excluding hydrogens is 369 g/mol. The Morgan fingerprint density at radius 1 is 1.35 bits per heavy atom. The van der Waals surface area contributed by atoms with E-state index in [0.29, 0.717) is 4.32 Å². The number of benzene rings is 1. The van der Waals surface area contributed by atoms with Gasteiger partial charge in [-0.2, -0.15) is 13.2 Å². The summed E-state index contributed by atoms with van der Waals surface area (Å²) in [5.41, 5.74) is -0.920. The van der Waals surface area contributed by atoms with Crippen molar-refractivity contribution in [3.63, 3.8) is 0 Å². The standard InChI is InChI=1S/C14H14ClF3N2OS2/c15-10-4-3-9(14(16,17)18)7-11(10)19-12(21)8-23-13(22)20-5-1-2-6-20/h3-4,7H,1-2,5-6,8H2,(H,19,21). The van der Waals surface area contributed by atoms with Gasteiger partial charge in [-0.25, -0.2) is 0 Å². The number of rotatable bonds is 3. The zero-order chi connectivity index (χ0) is 17.0. The van der Waals surface area contributed by atoms with Crippen LogP contribution in [-0.4, -0.2) is 34.0 Å². The van der Waals surface area contributed by atoms with Crippen molar-refractivity contribution in [2.45, 2.75) is 19.0 Å². The van der Waals surface area contributed by atoms with Crippen LogP contribution in [0.25, 0.3) is 0 Å². The number of likely N-dealkylation sites (tertiary alicyclic amines) is 1. The van der Waals surface area contributed by atoms with E-state index in [-0.39, 0.29) is 16.5 Å². The van der Waals surface area contributed by atoms with E-state index < -0.39 is 17.6 Å². The summed E-state index contributed by atoms with van der Waals surface area (Å²) in [6.45, 7) is 1.76. The monoisotopic (exact) mass is 382 g/mol. The van der Waals surface area contributed by atoms with Gasteiger partial charge in [0.1, 0.15) is 4.32 Å². The molecular formula is C14H14ClF3N2OS2. The Morgan fingerprint density at radius 3 is 2.61 bits per heavy atom. The molecule has 0 bridgehead atoms. The van der Waals surface area contributed by atoms with Gasteiger partial charge in [0.2, 0.25) is 5.91 Å². The molecule has 0 unspecified atom stereocenters. The topological polar surface area (TPSA) is 32.3 Å². The van der Waals surface area contributed by atoms with Gasteiger partial charge in [-0.05, 0) is 31.0 Å². The van der Waals surface area contributed by atoms with Crippen molar-refractivity contribution >= 4 is 51.5 Å². The molecule has 2 rings (SSSR count). The number of carbonyl (C=O) groups is 1. The third-order valence-electron chi connectivity index (χ3n) is 3.26. The molecule has 0 atom stereocenters. The Labute approximate surface area is 146 Å². The SMILES string of the molecule is O=C(CSC(=S)N1CCCC1)Nc1cc(C(F)(F)F)ccc1Cl. The smallest absolute Gasteiger partial charge is 0.358 e. The Morgan fingerprint density at radius 2 is 2.00 bits per heavy atom. The molecule has 0 aliphatic carbocycles. The predicted octanol–water partition coefficient (Wildman–Crippen LogP) is 4.41. The van der Waals surface area contributed by atoms with Gasteiger partial charge >= 0.3 is 6.18 Å². The molecule has 1 aromatic rings. The molecule has 1 N–H and O–H groups in total. The first kappa shape index (κ1) is 18.4. The van der Waals surface area contributed by atoms with Crippen LogP contribution in [0.15, 0.2) is 18.2 Å². The average molecular weight is 383 g/mol. The van der Waals surface area contributed by atoms with E-state index >= 15 is 0 Å². The minimum Gasteiger partial charge on any atom is -0.358 e. The fraction of sp³-hybridized carbons (Fsp3) is 0.429. The van der Waals surface area contributed by atoms with Crippen LogP contribution in [0.4, 0.5) is 18.9 Å². The number of nitrogens with one attached hydrogen (secondary N) is 1. The number of anilines is 1. The van der Waals surface area contributed by atoms with Crippen LogP contribution >= 0.6 is 35.6 Å². The highest BCUT2D eigenvalue weighted by Crippen LogP contribution is 2.33. The largest absolute Gasteiger partial charge is 0.416 e. The lowest BCUT2D eigenvalue weighted by Gasteiger charge is -2.17. The number of amides is 1. The Hall–Kier alpha value is -0.990. The summed E-state index contributed by atoms with van der Waals surface area (Å²) in [6.07, 6.45) is -2.34. The molecule has 1 aliphatic rings. The van der Waals surface area contributed by atoms with E-state index in [2.05, 4.69) is 5.32 Å². The molecule has 1 heterocycles. The third-order valence-corrected chi connectivity index (χ3v) is 5.11. The number of thiocarbonyl (C=S) groups is 1. The van der Waals surface area contributed by atoms with E-state index in [1.165, 1.54) is 11.8 Å². The lowest BCUT2D eigenvalue weighted by Crippen LogP contribution is -2.25. The van der Waals surface area contributed by atoms with Crippen LogP contribution in [0.3, 0.4) is 0 Å². The van der Waals surface area contributed by atoms with Crippen molar-refractivity contribution in [2.24, 2.45) is 0 Å². The van der Waals surface area contributed by atoms with E-state index in [1.807, 2.05) is 4.90 Å². The zero-order valence-corrected chi connectivity index (χ0v) is 14.3. The van der Waals surface area contributed by atoms with Crippen molar-refractivity contribution < 1.29 is 18.0 Å². The van der Waals surface area contributed by atoms with Gasteiger partial charge in [0.15, 0.2) is 0 Å². The summed E-state index contributed by atoms with van der Waals surface area (Å²) < 4.78 is 38.7. The minimum absolute atomic E-state index is 0.0297. The number of carbonyl (C=O) groups excluding carboxylic acids is 1. The molecule has 1 aromatic carbocycles. The second-order valence-electron chi connectivity index (χ2n) is 4.99. The molecule has 1 fully saturated rings. The number of hydrogen-bond acceptors (Lipinski definition) is 3. The summed E-state index contributed by atoms with van der Waals surface area (Å²) in [5.74, 6) is -0.417. The highest BCUT2D eigenvalue weighted by atomic mass is 35.5. The van der Waals surface area contributed by atoms with Gasteiger partial charge in [0, 0.05) is 13.1 Å². The molecule has 9 heteroatoms. The van der Waals surface area contributed by atoms with E-state index in [4.69, 9.17) is 23.8 Å². The molecule has 1 saturated heterocycles. The highest BCUT2D eigenvalue weighted by molar-refractivity contribution is 8.23. The second kappa shape index (κ2) is 7.72. The van der Waals surface area contributed by atoms with Gasteiger partial charge in [0.05, 0.1) is 22.0 Å². The van der Waals surface area contributed by atoms with Gasteiger partial charge in [-0.3, -0.25) is 4.79 Å². The summed E-state index contributed by atoms with van der Waals surface area (Å²) in [7, 11) is 0. The maximum absolute atomic E-state index is 12.7. The van der Waals surface area contributed by atoms with Crippen molar-refractivity contribution in [1.82, 2.24) is 4.90 Å². The molecule has 0 spiro atoms. The normalized spacial score (nSPS) is 14.9. The number of thioether (sulfide) groups is 1. The summed E-state index contributed by atoms with van der Waals surface area (Å²) >= 11 is 12.3. The fourth-order valence-electron chi connectivity index (χ4n) is 2.10. The van der Waals surface area contributed by atoms with E-state index in [9.17, 15) is 18.0 Å². The third kappa shape index (κ3) is 5.26. The molecule has 1 amide bonds. The van der Waals surface area contributed by atoms with Gasteiger partial charge < -0.3 is 10.2 Å². The van der Waals surface area contributed by atoms with Crippen molar-refractivity contribution in [1.29, 1.82) is 0 Å². The average Bonchev–Trinajstić information content (AvgIpc) is 3.00. The van der Waals surface area contributed by atoms with Crippen molar-refractivity contribution in [3.8, 4) is 0 Å². The van der Waals surface area contributed by atoms with E-state index in [1.54, 1.807) is 0 Å².